The summed E-state index contributed by atoms with van der Waals surface area (Å²) in [7, 11) is 0. The van der Waals surface area contributed by atoms with E-state index < -0.39 is 0 Å². The number of nitrogens with zero attached hydrogens (tertiary/aromatic N) is 1. The van der Waals surface area contributed by atoms with E-state index in [1.807, 2.05) is 24.0 Å². The van der Waals surface area contributed by atoms with Gasteiger partial charge in [0.15, 0.2) is 0 Å². The first kappa shape index (κ1) is 10.7. The van der Waals surface area contributed by atoms with Crippen LogP contribution in [0.1, 0.15) is 25.3 Å². The van der Waals surface area contributed by atoms with Gasteiger partial charge in [-0.2, -0.15) is 0 Å². The van der Waals surface area contributed by atoms with E-state index >= 15 is 0 Å². The number of carbonyl (C=O) groups is 1. The topological polar surface area (TPSA) is 20.3 Å². The molecule has 3 heteroatoms. The number of carbonyl (C=O) groups excluding carboxylic acids is 1. The first-order chi connectivity index (χ1) is 7.22. The van der Waals surface area contributed by atoms with Gasteiger partial charge < -0.3 is 4.90 Å². The van der Waals surface area contributed by atoms with Crippen molar-refractivity contribution in [1.29, 1.82) is 0 Å². The number of hydrogen-bond acceptors (Lipinski definition) is 1. The maximum Gasteiger partial charge on any atom is 0.226 e. The third kappa shape index (κ3) is 2.07. The highest BCUT2D eigenvalue weighted by Gasteiger charge is 2.20. The second kappa shape index (κ2) is 4.35. The molecule has 15 heavy (non-hydrogen) atoms. The van der Waals surface area contributed by atoms with E-state index in [0.29, 0.717) is 6.42 Å². The van der Waals surface area contributed by atoms with E-state index in [1.54, 1.807) is 0 Å². The van der Waals surface area contributed by atoms with Gasteiger partial charge >= 0.3 is 0 Å². The monoisotopic (exact) mass is 267 g/mol. The molecule has 0 saturated carbocycles. The molecule has 0 N–H and O–H groups in total. The van der Waals surface area contributed by atoms with E-state index in [2.05, 4.69) is 22.0 Å². The molecule has 0 aromatic heterocycles. The predicted octanol–water partition coefficient (Wildman–Crippen LogP) is 3.14. The predicted molar refractivity (Wildman–Crippen MR) is 65.1 cm³/mol. The van der Waals surface area contributed by atoms with Crippen LogP contribution in [0.15, 0.2) is 22.7 Å². The summed E-state index contributed by atoms with van der Waals surface area (Å²) in [5, 5.41) is 0. The van der Waals surface area contributed by atoms with Crippen molar-refractivity contribution in [3.63, 3.8) is 0 Å². The molecule has 0 saturated heterocycles. The SMILES string of the molecule is CCC(=O)N1CCCc2cc(Br)ccc21. The van der Waals surface area contributed by atoms with Crippen LogP contribution in [-0.4, -0.2) is 12.5 Å². The first-order valence-corrected chi connectivity index (χ1v) is 6.10. The Morgan fingerprint density at radius 3 is 3.07 bits per heavy atom. The average molecular weight is 268 g/mol. The smallest absolute Gasteiger partial charge is 0.226 e. The van der Waals surface area contributed by atoms with Crippen molar-refractivity contribution in [2.24, 2.45) is 0 Å². The molecule has 0 atom stereocenters. The third-order valence-corrected chi connectivity index (χ3v) is 3.26. The fourth-order valence-corrected chi connectivity index (χ4v) is 2.42. The van der Waals surface area contributed by atoms with Gasteiger partial charge in [-0.05, 0) is 36.6 Å². The van der Waals surface area contributed by atoms with Crippen LogP contribution in [0.25, 0.3) is 0 Å². The lowest BCUT2D eigenvalue weighted by molar-refractivity contribution is -0.118. The van der Waals surface area contributed by atoms with Crippen LogP contribution >= 0.6 is 15.9 Å². The Balaban J connectivity index is 2.38. The molecule has 0 fully saturated rings. The molecule has 0 bridgehead atoms. The number of benzene rings is 1. The van der Waals surface area contributed by atoms with Crippen LogP contribution in [0.5, 0.6) is 0 Å². The summed E-state index contributed by atoms with van der Waals surface area (Å²) in [4.78, 5) is 13.6. The second-order valence-corrected chi connectivity index (χ2v) is 4.69. The van der Waals surface area contributed by atoms with E-state index in [1.165, 1.54) is 5.56 Å². The summed E-state index contributed by atoms with van der Waals surface area (Å²) in [5.41, 5.74) is 2.37. The van der Waals surface area contributed by atoms with Crippen molar-refractivity contribution in [2.75, 3.05) is 11.4 Å². The minimum Gasteiger partial charge on any atom is -0.312 e. The molecule has 0 unspecified atom stereocenters. The van der Waals surface area contributed by atoms with Gasteiger partial charge in [0.2, 0.25) is 5.91 Å². The zero-order valence-electron chi connectivity index (χ0n) is 8.79. The number of amides is 1. The van der Waals surface area contributed by atoms with Crippen LogP contribution in [0.2, 0.25) is 0 Å². The molecule has 1 aliphatic rings. The quantitative estimate of drug-likeness (QED) is 0.766. The normalized spacial score (nSPS) is 14.9. The van der Waals surface area contributed by atoms with Crippen LogP contribution in [0, 0.1) is 0 Å². The molecule has 0 aliphatic carbocycles. The Morgan fingerprint density at radius 1 is 1.53 bits per heavy atom. The Kier molecular flexibility index (Phi) is 3.10. The van der Waals surface area contributed by atoms with Crippen molar-refractivity contribution in [3.05, 3.63) is 28.2 Å². The largest absolute Gasteiger partial charge is 0.312 e. The molecule has 0 spiro atoms. The van der Waals surface area contributed by atoms with Gasteiger partial charge in [-0.3, -0.25) is 4.79 Å². The van der Waals surface area contributed by atoms with Gasteiger partial charge in [0, 0.05) is 23.1 Å². The summed E-state index contributed by atoms with van der Waals surface area (Å²) in [6, 6.07) is 6.15. The van der Waals surface area contributed by atoms with E-state index in [9.17, 15) is 4.79 Å². The molecule has 1 aliphatic heterocycles. The molecule has 1 amide bonds. The van der Waals surface area contributed by atoms with Crippen LogP contribution in [0.3, 0.4) is 0 Å². The summed E-state index contributed by atoms with van der Waals surface area (Å²) in [6.07, 6.45) is 2.72. The molecular formula is C12H14BrNO. The van der Waals surface area contributed by atoms with Crippen molar-refractivity contribution in [3.8, 4) is 0 Å². The number of fused-ring (bicyclic) bond motifs is 1. The zero-order chi connectivity index (χ0) is 10.8. The standard InChI is InChI=1S/C12H14BrNO/c1-2-12(15)14-7-3-4-9-8-10(13)5-6-11(9)14/h5-6,8H,2-4,7H2,1H3. The minimum absolute atomic E-state index is 0.221. The maximum absolute atomic E-state index is 11.7. The van der Waals surface area contributed by atoms with Crippen LogP contribution in [0.4, 0.5) is 5.69 Å². The summed E-state index contributed by atoms with van der Waals surface area (Å²) < 4.78 is 1.09. The number of aryl methyl sites for hydroxylation is 1. The maximum atomic E-state index is 11.7. The van der Waals surface area contributed by atoms with Crippen molar-refractivity contribution >= 4 is 27.5 Å². The van der Waals surface area contributed by atoms with Gasteiger partial charge in [-0.25, -0.2) is 0 Å². The highest BCUT2D eigenvalue weighted by atomic mass is 79.9. The van der Waals surface area contributed by atoms with Crippen LogP contribution < -0.4 is 4.90 Å². The highest BCUT2D eigenvalue weighted by molar-refractivity contribution is 9.10. The molecule has 80 valence electrons. The summed E-state index contributed by atoms with van der Waals surface area (Å²) in [6.45, 7) is 2.77. The zero-order valence-corrected chi connectivity index (χ0v) is 10.4. The lowest BCUT2D eigenvalue weighted by Crippen LogP contribution is -2.34. The fraction of sp³-hybridized carbons (Fsp3) is 0.417. The lowest BCUT2D eigenvalue weighted by atomic mass is 10.0. The number of anilines is 1. The van der Waals surface area contributed by atoms with Gasteiger partial charge in [0.1, 0.15) is 0 Å². The van der Waals surface area contributed by atoms with Crippen molar-refractivity contribution in [1.82, 2.24) is 0 Å². The van der Waals surface area contributed by atoms with E-state index in [0.717, 1.165) is 29.5 Å². The molecule has 0 radical (unpaired) electrons. The van der Waals surface area contributed by atoms with Gasteiger partial charge in [0.05, 0.1) is 0 Å². The van der Waals surface area contributed by atoms with E-state index in [-0.39, 0.29) is 5.91 Å². The Labute approximate surface area is 98.4 Å². The summed E-state index contributed by atoms with van der Waals surface area (Å²) in [5.74, 6) is 0.221. The Morgan fingerprint density at radius 2 is 2.33 bits per heavy atom. The first-order valence-electron chi connectivity index (χ1n) is 5.31. The van der Waals surface area contributed by atoms with Crippen molar-refractivity contribution < 1.29 is 4.79 Å². The number of rotatable bonds is 1. The molecule has 1 heterocycles. The Hall–Kier alpha value is -0.830. The average Bonchev–Trinajstić information content (AvgIpc) is 2.26. The second-order valence-electron chi connectivity index (χ2n) is 3.78. The fourth-order valence-electron chi connectivity index (χ4n) is 2.02. The third-order valence-electron chi connectivity index (χ3n) is 2.76. The summed E-state index contributed by atoms with van der Waals surface area (Å²) >= 11 is 3.46. The molecule has 1 aromatic carbocycles. The van der Waals surface area contributed by atoms with Gasteiger partial charge in [-0.15, -0.1) is 0 Å². The lowest BCUT2D eigenvalue weighted by Gasteiger charge is -2.29. The number of halogens is 1. The number of hydrogen-bond donors (Lipinski definition) is 0. The molecular weight excluding hydrogens is 254 g/mol. The highest BCUT2D eigenvalue weighted by Crippen LogP contribution is 2.29. The minimum atomic E-state index is 0.221. The Bertz CT molecular complexity index is 389. The van der Waals surface area contributed by atoms with Gasteiger partial charge in [0.25, 0.3) is 0 Å². The molecule has 2 nitrogen and oxygen atoms in total. The van der Waals surface area contributed by atoms with Crippen LogP contribution in [-0.2, 0) is 11.2 Å². The molecule has 1 aromatic rings. The van der Waals surface area contributed by atoms with Crippen molar-refractivity contribution in [2.45, 2.75) is 26.2 Å². The van der Waals surface area contributed by atoms with E-state index in [4.69, 9.17) is 0 Å². The van der Waals surface area contributed by atoms with Gasteiger partial charge in [-0.1, -0.05) is 22.9 Å². The molecule has 2 rings (SSSR count).